The van der Waals surface area contributed by atoms with E-state index in [1.807, 2.05) is 0 Å². The van der Waals surface area contributed by atoms with Crippen molar-refractivity contribution in [2.24, 2.45) is 5.73 Å². The van der Waals surface area contributed by atoms with E-state index in [0.717, 1.165) is 0 Å². The maximum Gasteiger partial charge on any atom is 0.106 e. The van der Waals surface area contributed by atoms with Crippen LogP contribution in [0.25, 0.3) is 0 Å². The number of aliphatic hydroxyl groups excluding tert-OH is 2. The minimum absolute atomic E-state index is 0.169. The van der Waals surface area contributed by atoms with Crippen LogP contribution in [0, 0.1) is 0 Å². The molecule has 4 N–H and O–H groups in total. The van der Waals surface area contributed by atoms with Gasteiger partial charge < -0.3 is 20.7 Å². The van der Waals surface area contributed by atoms with Gasteiger partial charge >= 0.3 is 0 Å². The molecule has 4 heteroatoms. The fourth-order valence-corrected chi connectivity index (χ4v) is 0.564. The summed E-state index contributed by atoms with van der Waals surface area (Å²) in [5.74, 6) is 0. The second-order valence-corrected chi connectivity index (χ2v) is 2.12. The molecule has 0 fully saturated rings. The number of hydrogen-bond acceptors (Lipinski definition) is 4. The fraction of sp³-hybridized carbons (Fsp3) is 1.00. The monoisotopic (exact) mass is 149 g/mol. The van der Waals surface area contributed by atoms with Crippen molar-refractivity contribution in [1.29, 1.82) is 0 Å². The SMILES string of the molecule is CC(O)C(CO)OCCN. The lowest BCUT2D eigenvalue weighted by atomic mass is 10.2. The Kier molecular flexibility index (Phi) is 5.52. The summed E-state index contributed by atoms with van der Waals surface area (Å²) in [4.78, 5) is 0. The zero-order valence-electron chi connectivity index (χ0n) is 6.16. The van der Waals surface area contributed by atoms with E-state index in [1.165, 1.54) is 0 Å². The summed E-state index contributed by atoms with van der Waals surface area (Å²) < 4.78 is 4.98. The predicted molar refractivity (Wildman–Crippen MR) is 37.6 cm³/mol. The van der Waals surface area contributed by atoms with Crippen LogP contribution in [0.2, 0.25) is 0 Å². The Labute approximate surface area is 60.6 Å². The number of rotatable bonds is 5. The van der Waals surface area contributed by atoms with Crippen molar-refractivity contribution in [3.8, 4) is 0 Å². The van der Waals surface area contributed by atoms with E-state index >= 15 is 0 Å². The van der Waals surface area contributed by atoms with Gasteiger partial charge in [0.05, 0.1) is 19.3 Å². The number of nitrogens with two attached hydrogens (primary N) is 1. The molecule has 0 saturated heterocycles. The topological polar surface area (TPSA) is 75.7 Å². The van der Waals surface area contributed by atoms with Gasteiger partial charge in [0, 0.05) is 6.54 Å². The van der Waals surface area contributed by atoms with Gasteiger partial charge in [0.1, 0.15) is 6.10 Å². The number of aliphatic hydroxyl groups is 2. The molecular formula is C6H15NO3. The molecule has 4 nitrogen and oxygen atoms in total. The normalized spacial score (nSPS) is 16.8. The zero-order chi connectivity index (χ0) is 7.98. The maximum absolute atomic E-state index is 8.91. The third-order valence-electron chi connectivity index (χ3n) is 1.17. The van der Waals surface area contributed by atoms with Gasteiger partial charge in [0.2, 0.25) is 0 Å². The Balaban J connectivity index is 3.40. The van der Waals surface area contributed by atoms with Gasteiger partial charge in [-0.25, -0.2) is 0 Å². The molecule has 10 heavy (non-hydrogen) atoms. The Morgan fingerprint density at radius 2 is 2.20 bits per heavy atom. The van der Waals surface area contributed by atoms with Crippen molar-refractivity contribution in [3.05, 3.63) is 0 Å². The molecule has 62 valence electrons. The van der Waals surface area contributed by atoms with Gasteiger partial charge in [-0.15, -0.1) is 0 Å². The Morgan fingerprint density at radius 1 is 1.60 bits per heavy atom. The van der Waals surface area contributed by atoms with E-state index in [9.17, 15) is 0 Å². The second-order valence-electron chi connectivity index (χ2n) is 2.12. The third kappa shape index (κ3) is 3.79. The highest BCUT2D eigenvalue weighted by atomic mass is 16.5. The summed E-state index contributed by atoms with van der Waals surface area (Å²) in [5.41, 5.74) is 5.14. The van der Waals surface area contributed by atoms with Gasteiger partial charge in [-0.05, 0) is 6.92 Å². The van der Waals surface area contributed by atoms with Gasteiger partial charge in [-0.2, -0.15) is 0 Å². The van der Waals surface area contributed by atoms with Gasteiger partial charge in [-0.3, -0.25) is 0 Å². The van der Waals surface area contributed by atoms with Crippen LogP contribution < -0.4 is 5.73 Å². The molecule has 2 atom stereocenters. The Hall–Kier alpha value is -0.160. The smallest absolute Gasteiger partial charge is 0.106 e. The standard InChI is InChI=1S/C6H15NO3/c1-5(9)6(4-8)10-3-2-7/h5-6,8-9H,2-4,7H2,1H3. The first-order valence-electron chi connectivity index (χ1n) is 3.33. The summed E-state index contributed by atoms with van der Waals surface area (Å²) in [6, 6.07) is 0. The lowest BCUT2D eigenvalue weighted by Crippen LogP contribution is -2.31. The molecule has 0 bridgehead atoms. The second kappa shape index (κ2) is 5.61. The molecule has 0 amide bonds. The van der Waals surface area contributed by atoms with Crippen molar-refractivity contribution in [3.63, 3.8) is 0 Å². The van der Waals surface area contributed by atoms with Crippen molar-refractivity contribution >= 4 is 0 Å². The molecule has 0 spiro atoms. The van der Waals surface area contributed by atoms with Crippen molar-refractivity contribution in [1.82, 2.24) is 0 Å². The molecule has 0 heterocycles. The molecule has 0 saturated carbocycles. The van der Waals surface area contributed by atoms with E-state index in [4.69, 9.17) is 20.7 Å². The summed E-state index contributed by atoms with van der Waals surface area (Å²) in [7, 11) is 0. The Morgan fingerprint density at radius 3 is 2.50 bits per heavy atom. The molecule has 0 aromatic carbocycles. The van der Waals surface area contributed by atoms with Crippen LogP contribution in [0.5, 0.6) is 0 Å². The lowest BCUT2D eigenvalue weighted by molar-refractivity contribution is -0.0533. The Bertz CT molecular complexity index is 77.4. The first kappa shape index (κ1) is 9.84. The maximum atomic E-state index is 8.91. The van der Waals surface area contributed by atoms with E-state index in [0.29, 0.717) is 13.2 Å². The first-order valence-corrected chi connectivity index (χ1v) is 3.33. The number of hydrogen-bond donors (Lipinski definition) is 3. The van der Waals surface area contributed by atoms with Gasteiger partial charge in [0.15, 0.2) is 0 Å². The molecule has 0 aliphatic carbocycles. The van der Waals surface area contributed by atoms with Crippen LogP contribution in [-0.2, 0) is 4.74 Å². The largest absolute Gasteiger partial charge is 0.394 e. The summed E-state index contributed by atoms with van der Waals surface area (Å²) >= 11 is 0. The highest BCUT2D eigenvalue weighted by Gasteiger charge is 2.12. The zero-order valence-corrected chi connectivity index (χ0v) is 6.16. The van der Waals surface area contributed by atoms with Gasteiger partial charge in [-0.1, -0.05) is 0 Å². The lowest BCUT2D eigenvalue weighted by Gasteiger charge is -2.17. The van der Waals surface area contributed by atoms with Crippen LogP contribution in [0.1, 0.15) is 6.92 Å². The molecule has 0 radical (unpaired) electrons. The summed E-state index contributed by atoms with van der Waals surface area (Å²) in [6.45, 7) is 2.18. The molecule has 2 unspecified atom stereocenters. The summed E-state index contributed by atoms with van der Waals surface area (Å²) in [5, 5.41) is 17.5. The average Bonchev–Trinajstić information content (AvgIpc) is 1.89. The van der Waals surface area contributed by atoms with Crippen molar-refractivity contribution in [2.45, 2.75) is 19.1 Å². The quantitative estimate of drug-likeness (QED) is 0.454. The molecular weight excluding hydrogens is 134 g/mol. The van der Waals surface area contributed by atoms with Crippen LogP contribution in [0.15, 0.2) is 0 Å². The van der Waals surface area contributed by atoms with E-state index in [2.05, 4.69) is 0 Å². The van der Waals surface area contributed by atoms with Crippen LogP contribution >= 0.6 is 0 Å². The van der Waals surface area contributed by atoms with Crippen molar-refractivity contribution in [2.75, 3.05) is 19.8 Å². The third-order valence-corrected chi connectivity index (χ3v) is 1.17. The first-order chi connectivity index (χ1) is 4.72. The average molecular weight is 149 g/mol. The number of ether oxygens (including phenoxy) is 1. The van der Waals surface area contributed by atoms with Crippen LogP contribution in [0.3, 0.4) is 0 Å². The van der Waals surface area contributed by atoms with E-state index in [1.54, 1.807) is 6.92 Å². The molecule has 0 rings (SSSR count). The van der Waals surface area contributed by atoms with E-state index < -0.39 is 12.2 Å². The highest BCUT2D eigenvalue weighted by molar-refractivity contribution is 4.61. The minimum Gasteiger partial charge on any atom is -0.394 e. The van der Waals surface area contributed by atoms with Crippen LogP contribution in [-0.4, -0.2) is 42.2 Å². The molecule has 0 aliphatic rings. The van der Waals surface area contributed by atoms with Crippen molar-refractivity contribution < 1.29 is 14.9 Å². The minimum atomic E-state index is -0.642. The van der Waals surface area contributed by atoms with Crippen LogP contribution in [0.4, 0.5) is 0 Å². The summed E-state index contributed by atoms with van der Waals surface area (Å²) in [6.07, 6.45) is -1.14. The predicted octanol–water partition coefficient (Wildman–Crippen LogP) is -1.30. The molecule has 0 aromatic rings. The van der Waals surface area contributed by atoms with Gasteiger partial charge in [0.25, 0.3) is 0 Å². The fourth-order valence-electron chi connectivity index (χ4n) is 0.564. The van der Waals surface area contributed by atoms with E-state index in [-0.39, 0.29) is 6.61 Å². The highest BCUT2D eigenvalue weighted by Crippen LogP contribution is 1.96. The molecule has 0 aromatic heterocycles. The molecule has 0 aliphatic heterocycles.